The Morgan fingerprint density at radius 2 is 2.14 bits per heavy atom. The molecule has 4 rings (SSSR count). The quantitative estimate of drug-likeness (QED) is 0.790. The minimum absolute atomic E-state index is 0.122. The fourth-order valence-corrected chi connectivity index (χ4v) is 3.68. The number of methoxy groups -OCH3 is 1. The molecule has 112 valence electrons. The van der Waals surface area contributed by atoms with Gasteiger partial charge >= 0.3 is 5.97 Å². The van der Waals surface area contributed by atoms with Crippen LogP contribution in [0.4, 0.5) is 0 Å². The summed E-state index contributed by atoms with van der Waals surface area (Å²) in [6, 6.07) is 10.7. The van der Waals surface area contributed by atoms with E-state index >= 15 is 0 Å². The largest absolute Gasteiger partial charge is 0.433 e. The van der Waals surface area contributed by atoms with Crippen LogP contribution in [0.15, 0.2) is 36.6 Å². The maximum atomic E-state index is 12.0. The number of aryl methyl sites for hydroxylation is 1. The zero-order valence-electron chi connectivity index (χ0n) is 12.8. The van der Waals surface area contributed by atoms with Crippen molar-refractivity contribution in [1.82, 2.24) is 0 Å². The van der Waals surface area contributed by atoms with Crippen LogP contribution in [0.2, 0.25) is 0 Å². The number of ether oxygens (including phenoxy) is 2. The predicted molar refractivity (Wildman–Crippen MR) is 85.2 cm³/mol. The second-order valence-corrected chi connectivity index (χ2v) is 6.35. The topological polar surface area (TPSA) is 35.5 Å². The second kappa shape index (κ2) is 4.68. The van der Waals surface area contributed by atoms with E-state index in [0.717, 1.165) is 24.0 Å². The van der Waals surface area contributed by atoms with Gasteiger partial charge in [-0.1, -0.05) is 24.3 Å². The highest BCUT2D eigenvalue weighted by Gasteiger charge is 2.46. The maximum Gasteiger partial charge on any atom is 0.321 e. The summed E-state index contributed by atoms with van der Waals surface area (Å²) in [7, 11) is 1.71. The first kappa shape index (κ1) is 13.5. The fourth-order valence-electron chi connectivity index (χ4n) is 3.68. The van der Waals surface area contributed by atoms with Crippen LogP contribution in [0.3, 0.4) is 0 Å². The van der Waals surface area contributed by atoms with E-state index in [0.29, 0.717) is 6.61 Å². The van der Waals surface area contributed by atoms with E-state index in [1.807, 2.05) is 6.92 Å². The molecule has 3 nitrogen and oxygen atoms in total. The Bertz CT molecular complexity index is 819. The third-order valence-electron chi connectivity index (χ3n) is 5.00. The molecule has 0 aromatic heterocycles. The van der Waals surface area contributed by atoms with Gasteiger partial charge in [0, 0.05) is 12.7 Å². The summed E-state index contributed by atoms with van der Waals surface area (Å²) < 4.78 is 10.4. The normalized spacial score (nSPS) is 23.0. The Balaban J connectivity index is 1.89. The van der Waals surface area contributed by atoms with E-state index < -0.39 is 5.41 Å². The van der Waals surface area contributed by atoms with Crippen molar-refractivity contribution in [2.24, 2.45) is 5.41 Å². The Morgan fingerprint density at radius 1 is 1.27 bits per heavy atom. The van der Waals surface area contributed by atoms with Crippen LogP contribution in [0.1, 0.15) is 30.0 Å². The molecule has 0 bridgehead atoms. The lowest BCUT2D eigenvalue weighted by Gasteiger charge is -2.31. The Kier molecular flexibility index (Phi) is 2.88. The zero-order chi connectivity index (χ0) is 15.3. The number of benzene rings is 2. The Hall–Kier alpha value is -2.13. The summed E-state index contributed by atoms with van der Waals surface area (Å²) in [6.07, 6.45) is 3.36. The van der Waals surface area contributed by atoms with Gasteiger partial charge in [-0.2, -0.15) is 0 Å². The highest BCUT2D eigenvalue weighted by atomic mass is 16.5. The molecule has 0 unspecified atom stereocenters. The predicted octanol–water partition coefficient (Wildman–Crippen LogP) is 3.84. The van der Waals surface area contributed by atoms with Crippen LogP contribution in [0.5, 0.6) is 0 Å². The van der Waals surface area contributed by atoms with Gasteiger partial charge < -0.3 is 9.47 Å². The molecule has 0 amide bonds. The van der Waals surface area contributed by atoms with Crippen molar-refractivity contribution < 1.29 is 14.3 Å². The van der Waals surface area contributed by atoms with Crippen molar-refractivity contribution >= 4 is 22.3 Å². The monoisotopic (exact) mass is 294 g/mol. The van der Waals surface area contributed by atoms with Crippen molar-refractivity contribution in [1.29, 1.82) is 0 Å². The molecular weight excluding hydrogens is 276 g/mol. The second-order valence-electron chi connectivity index (χ2n) is 6.35. The molecule has 2 aromatic carbocycles. The number of hydrogen-bond donors (Lipinski definition) is 0. The van der Waals surface area contributed by atoms with Gasteiger partial charge in [0.1, 0.15) is 0 Å². The van der Waals surface area contributed by atoms with E-state index in [9.17, 15) is 4.79 Å². The number of fused-ring (bicyclic) bond motifs is 5. The molecule has 0 fully saturated rings. The summed E-state index contributed by atoms with van der Waals surface area (Å²) in [5.41, 5.74) is 4.21. The van der Waals surface area contributed by atoms with Gasteiger partial charge in [-0.25, -0.2) is 0 Å². The van der Waals surface area contributed by atoms with Crippen molar-refractivity contribution in [3.05, 3.63) is 53.3 Å². The lowest BCUT2D eigenvalue weighted by Crippen LogP contribution is -2.29. The number of esters is 1. The lowest BCUT2D eigenvalue weighted by molar-refractivity contribution is -0.143. The smallest absolute Gasteiger partial charge is 0.321 e. The number of hydrogen-bond acceptors (Lipinski definition) is 3. The van der Waals surface area contributed by atoms with E-state index in [2.05, 4.69) is 30.3 Å². The van der Waals surface area contributed by atoms with Gasteiger partial charge in [0.15, 0.2) is 0 Å². The van der Waals surface area contributed by atoms with Gasteiger partial charge in [0.05, 0.1) is 18.3 Å². The van der Waals surface area contributed by atoms with Crippen LogP contribution >= 0.6 is 0 Å². The first-order valence-corrected chi connectivity index (χ1v) is 7.59. The molecule has 0 radical (unpaired) electrons. The summed E-state index contributed by atoms with van der Waals surface area (Å²) in [6.45, 7) is 2.61. The zero-order valence-corrected chi connectivity index (χ0v) is 12.8. The molecule has 0 spiro atoms. The van der Waals surface area contributed by atoms with E-state index in [1.165, 1.54) is 21.9 Å². The van der Waals surface area contributed by atoms with Crippen LogP contribution in [0.25, 0.3) is 16.3 Å². The third-order valence-corrected chi connectivity index (χ3v) is 5.00. The molecule has 1 aliphatic heterocycles. The van der Waals surface area contributed by atoms with Crippen molar-refractivity contribution in [3.63, 3.8) is 0 Å². The molecule has 22 heavy (non-hydrogen) atoms. The summed E-state index contributed by atoms with van der Waals surface area (Å²) in [4.78, 5) is 12.0. The van der Waals surface area contributed by atoms with Gasteiger partial charge in [-0.3, -0.25) is 4.79 Å². The number of rotatable bonds is 2. The standard InChI is InChI=1S/C19H18O3/c1-19-8-7-15-14-5-3-12(10-21-2)9-13(14)4-6-16(15)17(19)11-22-18(19)20/h3-6,9,11H,7-8,10H2,1-2H3/t19-/m0/s1. The average Bonchev–Trinajstić information content (AvgIpc) is 2.83. The van der Waals surface area contributed by atoms with E-state index in [1.54, 1.807) is 13.4 Å². The lowest BCUT2D eigenvalue weighted by atomic mass is 9.69. The molecular formula is C19H18O3. The van der Waals surface area contributed by atoms with Crippen molar-refractivity contribution in [2.75, 3.05) is 7.11 Å². The molecule has 1 atom stereocenters. The average molecular weight is 294 g/mol. The van der Waals surface area contributed by atoms with Crippen molar-refractivity contribution in [3.8, 4) is 0 Å². The molecule has 3 heteroatoms. The van der Waals surface area contributed by atoms with E-state index in [-0.39, 0.29) is 5.97 Å². The number of cyclic esters (lactones) is 1. The number of carbonyl (C=O) groups excluding carboxylic acids is 1. The fraction of sp³-hybridized carbons (Fsp3) is 0.316. The number of carbonyl (C=O) groups is 1. The highest BCUT2D eigenvalue weighted by molar-refractivity contribution is 6.01. The maximum absolute atomic E-state index is 12.0. The van der Waals surface area contributed by atoms with Gasteiger partial charge in [0.2, 0.25) is 0 Å². The minimum atomic E-state index is -0.476. The molecule has 2 aliphatic rings. The van der Waals surface area contributed by atoms with Gasteiger partial charge in [-0.05, 0) is 53.3 Å². The molecule has 0 saturated heterocycles. The van der Waals surface area contributed by atoms with Crippen LogP contribution in [-0.2, 0) is 27.3 Å². The Labute approximate surface area is 129 Å². The molecule has 2 aromatic rings. The van der Waals surface area contributed by atoms with Crippen molar-refractivity contribution in [2.45, 2.75) is 26.4 Å². The SMILES string of the molecule is COCc1ccc2c3c(ccc2c1)C1=COC(=O)[C@@]1(C)CC3. The molecule has 0 N–H and O–H groups in total. The minimum Gasteiger partial charge on any atom is -0.433 e. The van der Waals surface area contributed by atoms with Gasteiger partial charge in [-0.15, -0.1) is 0 Å². The third kappa shape index (κ3) is 1.75. The highest BCUT2D eigenvalue weighted by Crippen LogP contribution is 2.50. The van der Waals surface area contributed by atoms with Crippen LogP contribution in [0, 0.1) is 5.41 Å². The first-order chi connectivity index (χ1) is 10.6. The molecule has 0 saturated carbocycles. The summed E-state index contributed by atoms with van der Waals surface area (Å²) >= 11 is 0. The Morgan fingerprint density at radius 3 is 2.95 bits per heavy atom. The molecule has 1 heterocycles. The summed E-state index contributed by atoms with van der Waals surface area (Å²) in [5.74, 6) is -0.122. The van der Waals surface area contributed by atoms with Crippen LogP contribution in [-0.4, -0.2) is 13.1 Å². The van der Waals surface area contributed by atoms with Crippen LogP contribution < -0.4 is 0 Å². The molecule has 1 aliphatic carbocycles. The van der Waals surface area contributed by atoms with E-state index in [4.69, 9.17) is 9.47 Å². The van der Waals surface area contributed by atoms with Gasteiger partial charge in [0.25, 0.3) is 0 Å². The summed E-state index contributed by atoms with van der Waals surface area (Å²) in [5, 5.41) is 2.49. The first-order valence-electron chi connectivity index (χ1n) is 7.59.